The van der Waals surface area contributed by atoms with Crippen molar-refractivity contribution in [2.75, 3.05) is 13.1 Å². The van der Waals surface area contributed by atoms with Crippen LogP contribution in [-0.2, 0) is 0 Å². The van der Waals surface area contributed by atoms with Gasteiger partial charge in [0, 0.05) is 13.1 Å². The minimum absolute atomic E-state index is 0.0348. The molecule has 0 amide bonds. The Kier molecular flexibility index (Phi) is 3.59. The number of aliphatic hydroxyl groups excluding tert-OH is 1. The van der Waals surface area contributed by atoms with Crippen LogP contribution in [0.5, 0.6) is 0 Å². The lowest BCUT2D eigenvalue weighted by atomic mass is 10.0. The molecule has 0 aromatic heterocycles. The maximum atomic E-state index is 9.46. The van der Waals surface area contributed by atoms with Crippen LogP contribution >= 0.6 is 0 Å². The Morgan fingerprint density at radius 3 is 2.69 bits per heavy atom. The normalized spacial score (nSPS) is 20.9. The number of hydrogen-bond acceptors (Lipinski definition) is 3. The molecule has 1 aromatic carbocycles. The van der Waals surface area contributed by atoms with Crippen LogP contribution in [0.4, 0.5) is 0 Å². The van der Waals surface area contributed by atoms with Gasteiger partial charge in [0.1, 0.15) is 0 Å². The fourth-order valence-corrected chi connectivity index (χ4v) is 2.23. The molecule has 0 bridgehead atoms. The fraction of sp³-hybridized carbons (Fsp3) is 0.538. The van der Waals surface area contributed by atoms with Crippen molar-refractivity contribution < 1.29 is 5.11 Å². The van der Waals surface area contributed by atoms with Gasteiger partial charge in [0.2, 0.25) is 0 Å². The smallest absolute Gasteiger partial charge is 0.0835 e. The van der Waals surface area contributed by atoms with Gasteiger partial charge in [-0.15, -0.1) is 0 Å². The molecule has 88 valence electrons. The van der Waals surface area contributed by atoms with Crippen LogP contribution in [0, 0.1) is 6.92 Å². The van der Waals surface area contributed by atoms with Crippen LogP contribution in [-0.4, -0.2) is 29.2 Å². The molecular formula is C13H20N2O. The Labute approximate surface area is 96.9 Å². The third kappa shape index (κ3) is 2.61. The zero-order chi connectivity index (χ0) is 11.5. The number of hydrogen-bond donors (Lipinski definition) is 2. The number of likely N-dealkylation sites (tertiary alicyclic amines) is 1. The molecule has 1 saturated heterocycles. The van der Waals surface area contributed by atoms with Crippen molar-refractivity contribution in [1.29, 1.82) is 0 Å². The SMILES string of the molecule is Cc1cccc(C(N)N2CCC(O)CC2)c1. The molecule has 0 saturated carbocycles. The molecule has 0 spiro atoms. The molecule has 1 aliphatic heterocycles. The van der Waals surface area contributed by atoms with Crippen molar-refractivity contribution >= 4 is 0 Å². The predicted molar refractivity (Wildman–Crippen MR) is 64.9 cm³/mol. The van der Waals surface area contributed by atoms with E-state index in [0.29, 0.717) is 0 Å². The number of nitrogens with two attached hydrogens (primary N) is 1. The third-order valence-corrected chi connectivity index (χ3v) is 3.28. The van der Waals surface area contributed by atoms with E-state index in [1.54, 1.807) is 0 Å². The number of rotatable bonds is 2. The van der Waals surface area contributed by atoms with Gasteiger partial charge in [-0.05, 0) is 25.3 Å². The lowest BCUT2D eigenvalue weighted by Crippen LogP contribution is -2.41. The second kappa shape index (κ2) is 4.95. The number of piperidine rings is 1. The van der Waals surface area contributed by atoms with Gasteiger partial charge in [-0.3, -0.25) is 4.90 Å². The summed E-state index contributed by atoms with van der Waals surface area (Å²) in [6.07, 6.45) is 1.49. The van der Waals surface area contributed by atoms with E-state index in [1.807, 2.05) is 6.07 Å². The highest BCUT2D eigenvalue weighted by Gasteiger charge is 2.22. The van der Waals surface area contributed by atoms with Gasteiger partial charge < -0.3 is 10.8 Å². The second-order valence-corrected chi connectivity index (χ2v) is 4.63. The summed E-state index contributed by atoms with van der Waals surface area (Å²) in [6.45, 7) is 3.85. The Balaban J connectivity index is 2.04. The van der Waals surface area contributed by atoms with Crippen molar-refractivity contribution in [3.8, 4) is 0 Å². The summed E-state index contributed by atoms with van der Waals surface area (Å²) < 4.78 is 0. The summed E-state index contributed by atoms with van der Waals surface area (Å²) in [7, 11) is 0. The third-order valence-electron chi connectivity index (χ3n) is 3.28. The first kappa shape index (κ1) is 11.6. The van der Waals surface area contributed by atoms with Crippen molar-refractivity contribution in [1.82, 2.24) is 4.90 Å². The van der Waals surface area contributed by atoms with E-state index < -0.39 is 0 Å². The summed E-state index contributed by atoms with van der Waals surface area (Å²) in [6, 6.07) is 8.33. The molecule has 3 nitrogen and oxygen atoms in total. The maximum absolute atomic E-state index is 9.46. The summed E-state index contributed by atoms with van der Waals surface area (Å²) in [4.78, 5) is 2.24. The Morgan fingerprint density at radius 1 is 1.38 bits per heavy atom. The van der Waals surface area contributed by atoms with Gasteiger partial charge in [-0.25, -0.2) is 0 Å². The first-order valence-corrected chi connectivity index (χ1v) is 5.91. The molecule has 3 N–H and O–H groups in total. The van der Waals surface area contributed by atoms with Gasteiger partial charge in [-0.2, -0.15) is 0 Å². The van der Waals surface area contributed by atoms with E-state index >= 15 is 0 Å². The van der Waals surface area contributed by atoms with E-state index in [9.17, 15) is 5.11 Å². The van der Waals surface area contributed by atoms with Crippen LogP contribution < -0.4 is 5.73 Å². The summed E-state index contributed by atoms with van der Waals surface area (Å²) in [5, 5.41) is 9.46. The quantitative estimate of drug-likeness (QED) is 0.792. The number of aryl methyl sites for hydroxylation is 1. The van der Waals surface area contributed by atoms with Crippen LogP contribution in [0.2, 0.25) is 0 Å². The van der Waals surface area contributed by atoms with Gasteiger partial charge in [0.25, 0.3) is 0 Å². The van der Waals surface area contributed by atoms with Crippen LogP contribution in [0.3, 0.4) is 0 Å². The molecule has 1 aliphatic rings. The van der Waals surface area contributed by atoms with E-state index in [1.165, 1.54) is 5.56 Å². The zero-order valence-electron chi connectivity index (χ0n) is 9.76. The summed E-state index contributed by atoms with van der Waals surface area (Å²) in [5.74, 6) is 0. The summed E-state index contributed by atoms with van der Waals surface area (Å²) in [5.41, 5.74) is 8.63. The first-order valence-electron chi connectivity index (χ1n) is 5.91. The molecule has 1 unspecified atom stereocenters. The topological polar surface area (TPSA) is 49.5 Å². The highest BCUT2D eigenvalue weighted by atomic mass is 16.3. The average Bonchev–Trinajstić information content (AvgIpc) is 2.29. The van der Waals surface area contributed by atoms with E-state index in [4.69, 9.17) is 5.73 Å². The molecule has 0 aliphatic carbocycles. The number of benzene rings is 1. The minimum atomic E-state index is -0.138. The first-order chi connectivity index (χ1) is 7.66. The summed E-state index contributed by atoms with van der Waals surface area (Å²) >= 11 is 0. The Morgan fingerprint density at radius 2 is 2.06 bits per heavy atom. The van der Waals surface area contributed by atoms with E-state index in [-0.39, 0.29) is 12.3 Å². The van der Waals surface area contributed by atoms with Gasteiger partial charge in [0.15, 0.2) is 0 Å². The fourth-order valence-electron chi connectivity index (χ4n) is 2.23. The molecular weight excluding hydrogens is 200 g/mol. The molecule has 0 radical (unpaired) electrons. The number of aliphatic hydroxyl groups is 1. The molecule has 1 fully saturated rings. The minimum Gasteiger partial charge on any atom is -0.393 e. The Bertz CT molecular complexity index is 346. The average molecular weight is 220 g/mol. The van der Waals surface area contributed by atoms with Crippen LogP contribution in [0.1, 0.15) is 30.1 Å². The van der Waals surface area contributed by atoms with Crippen molar-refractivity contribution in [2.45, 2.75) is 32.0 Å². The lowest BCUT2D eigenvalue weighted by Gasteiger charge is -2.34. The van der Waals surface area contributed by atoms with Gasteiger partial charge >= 0.3 is 0 Å². The highest BCUT2D eigenvalue weighted by Crippen LogP contribution is 2.21. The Hall–Kier alpha value is -0.900. The van der Waals surface area contributed by atoms with Crippen molar-refractivity contribution in [3.05, 3.63) is 35.4 Å². The van der Waals surface area contributed by atoms with Crippen molar-refractivity contribution in [2.24, 2.45) is 5.73 Å². The molecule has 1 aromatic rings. The largest absolute Gasteiger partial charge is 0.393 e. The number of nitrogens with zero attached hydrogens (tertiary/aromatic N) is 1. The van der Waals surface area contributed by atoms with E-state index in [2.05, 4.69) is 30.0 Å². The molecule has 16 heavy (non-hydrogen) atoms. The standard InChI is InChI=1S/C13H20N2O/c1-10-3-2-4-11(9-10)13(14)15-7-5-12(16)6-8-15/h2-4,9,12-13,16H,5-8,14H2,1H3. The van der Waals surface area contributed by atoms with Crippen LogP contribution in [0.15, 0.2) is 24.3 Å². The molecule has 2 rings (SSSR count). The maximum Gasteiger partial charge on any atom is 0.0835 e. The van der Waals surface area contributed by atoms with E-state index in [0.717, 1.165) is 31.5 Å². The van der Waals surface area contributed by atoms with Crippen molar-refractivity contribution in [3.63, 3.8) is 0 Å². The predicted octanol–water partition coefficient (Wildman–Crippen LogP) is 1.41. The molecule has 3 heteroatoms. The zero-order valence-corrected chi connectivity index (χ0v) is 9.76. The molecule has 1 heterocycles. The molecule has 1 atom stereocenters. The van der Waals surface area contributed by atoms with Gasteiger partial charge in [0.05, 0.1) is 12.3 Å². The lowest BCUT2D eigenvalue weighted by molar-refractivity contribution is 0.0617. The van der Waals surface area contributed by atoms with Gasteiger partial charge in [-0.1, -0.05) is 29.8 Å². The monoisotopic (exact) mass is 220 g/mol. The highest BCUT2D eigenvalue weighted by molar-refractivity contribution is 5.24. The second-order valence-electron chi connectivity index (χ2n) is 4.63. The van der Waals surface area contributed by atoms with Crippen LogP contribution in [0.25, 0.3) is 0 Å².